The predicted octanol–water partition coefficient (Wildman–Crippen LogP) is 9.17. The molecule has 12 heteroatoms. The van der Waals surface area contributed by atoms with Gasteiger partial charge in [0.1, 0.15) is 0 Å². The van der Waals surface area contributed by atoms with Crippen molar-refractivity contribution >= 4 is 35.8 Å². The summed E-state index contributed by atoms with van der Waals surface area (Å²) in [4.78, 5) is 72.8. The van der Waals surface area contributed by atoms with Gasteiger partial charge >= 0.3 is 35.8 Å². The highest BCUT2D eigenvalue weighted by molar-refractivity contribution is 5.99. The smallest absolute Gasteiger partial charge is 0.321 e. The van der Waals surface area contributed by atoms with Crippen LogP contribution in [-0.4, -0.2) is 66.5 Å². The van der Waals surface area contributed by atoms with E-state index in [9.17, 15) is 59.4 Å². The van der Waals surface area contributed by atoms with Gasteiger partial charge in [-0.3, -0.25) is 28.8 Å². The van der Waals surface area contributed by atoms with Crippen LogP contribution in [0.15, 0.2) is 0 Å². The topological polar surface area (TPSA) is 224 Å². The number of carboxylic acid groups (broad SMARTS) is 6. The zero-order chi connectivity index (χ0) is 38.2. The molecule has 294 valence electrons. The minimum atomic E-state index is -1.81. The second kappa shape index (κ2) is 24.9. The summed E-state index contributed by atoms with van der Waals surface area (Å²) in [5, 5.41) is 59.3. The Morgan fingerprint density at radius 2 is 0.314 bits per heavy atom. The van der Waals surface area contributed by atoms with E-state index in [0.29, 0.717) is 77.0 Å². The predicted molar refractivity (Wildman–Crippen MR) is 192 cm³/mol. The van der Waals surface area contributed by atoms with Crippen LogP contribution >= 0.6 is 0 Å². The van der Waals surface area contributed by atoms with Gasteiger partial charge in [-0.2, -0.15) is 0 Å². The number of aliphatic carboxylic acids is 6. The summed E-state index contributed by atoms with van der Waals surface area (Å²) >= 11 is 0. The minimum Gasteiger partial charge on any atom is -0.480 e. The summed E-state index contributed by atoms with van der Waals surface area (Å²) in [5.74, 6) is -7.83. The zero-order valence-corrected chi connectivity index (χ0v) is 30.8. The van der Waals surface area contributed by atoms with E-state index in [1.807, 2.05) is 0 Å². The van der Waals surface area contributed by atoms with Crippen molar-refractivity contribution in [1.29, 1.82) is 0 Å². The van der Waals surface area contributed by atoms with Gasteiger partial charge in [-0.25, -0.2) is 0 Å². The SMILES string of the molecule is O=C(O)C1(C(=O)O)CCCCCCCCCCC(C(=O)O)(C(=O)O)CCCCCCCCCCC(C(=O)O)(C(=O)O)CCCCCCCCCC1. The van der Waals surface area contributed by atoms with E-state index in [4.69, 9.17) is 0 Å². The number of carboxylic acids is 6. The van der Waals surface area contributed by atoms with Gasteiger partial charge in [0.25, 0.3) is 0 Å². The Labute approximate surface area is 303 Å². The van der Waals surface area contributed by atoms with Gasteiger partial charge in [-0.15, -0.1) is 0 Å². The highest BCUT2D eigenvalue weighted by atomic mass is 16.4. The van der Waals surface area contributed by atoms with Crippen LogP contribution < -0.4 is 0 Å². The maximum absolute atomic E-state index is 12.1. The standard InChI is InChI=1S/C39H66O12/c40-31(41)37(32(42)43)25-19-13-7-1-2-8-14-20-26-38(33(44)45,34(46)47)28-22-16-10-5-6-12-18-24-30-39(35(48)49,36(50)51)29-23-17-11-4-3-9-15-21-27-37/h1-30H2,(H,40,41)(H,42,43)(H,44,45)(H,46,47)(H,48,49)(H,50,51). The Morgan fingerprint density at radius 1 is 0.216 bits per heavy atom. The summed E-state index contributed by atoms with van der Waals surface area (Å²) in [6.07, 6.45) is 17.9. The van der Waals surface area contributed by atoms with Crippen molar-refractivity contribution in [3.63, 3.8) is 0 Å². The number of hydrogen-bond donors (Lipinski definition) is 6. The van der Waals surface area contributed by atoms with Gasteiger partial charge in [0.15, 0.2) is 16.2 Å². The molecule has 0 aromatic rings. The lowest BCUT2D eigenvalue weighted by Gasteiger charge is -2.25. The molecule has 1 aliphatic rings. The number of rotatable bonds is 6. The molecule has 0 aromatic carbocycles. The summed E-state index contributed by atoms with van der Waals surface area (Å²) in [5.41, 5.74) is -5.42. The molecule has 0 amide bonds. The van der Waals surface area contributed by atoms with E-state index in [0.717, 1.165) is 77.0 Å². The molecule has 12 nitrogen and oxygen atoms in total. The van der Waals surface area contributed by atoms with Crippen molar-refractivity contribution in [3.8, 4) is 0 Å². The molecular formula is C39H66O12. The fourth-order valence-electron chi connectivity index (χ4n) is 7.68. The molecular weight excluding hydrogens is 660 g/mol. The Balaban J connectivity index is 2.84. The lowest BCUT2D eigenvalue weighted by atomic mass is 9.77. The zero-order valence-electron chi connectivity index (χ0n) is 30.8. The summed E-state index contributed by atoms with van der Waals surface area (Å²) in [7, 11) is 0. The molecule has 0 saturated heterocycles. The third kappa shape index (κ3) is 15.5. The third-order valence-electron chi connectivity index (χ3n) is 11.3. The number of carbonyl (C=O) groups is 6. The lowest BCUT2D eigenvalue weighted by molar-refractivity contribution is -0.168. The monoisotopic (exact) mass is 726 g/mol. The second-order valence-corrected chi connectivity index (χ2v) is 15.1. The Bertz CT molecular complexity index is 867. The van der Waals surface area contributed by atoms with Crippen LogP contribution in [0.4, 0.5) is 0 Å². The van der Waals surface area contributed by atoms with Crippen LogP contribution in [0.3, 0.4) is 0 Å². The van der Waals surface area contributed by atoms with Gasteiger partial charge < -0.3 is 30.6 Å². The van der Waals surface area contributed by atoms with E-state index in [2.05, 4.69) is 0 Å². The van der Waals surface area contributed by atoms with E-state index in [1.54, 1.807) is 0 Å². The average molecular weight is 727 g/mol. The molecule has 0 aliphatic heterocycles. The Morgan fingerprint density at radius 3 is 0.412 bits per heavy atom. The fraction of sp³-hybridized carbons (Fsp3) is 0.846. The molecule has 0 bridgehead atoms. The highest BCUT2D eigenvalue weighted by Crippen LogP contribution is 2.36. The fourth-order valence-corrected chi connectivity index (χ4v) is 7.68. The van der Waals surface area contributed by atoms with Gasteiger partial charge in [0.2, 0.25) is 0 Å². The highest BCUT2D eigenvalue weighted by Gasteiger charge is 2.47. The maximum Gasteiger partial charge on any atom is 0.321 e. The van der Waals surface area contributed by atoms with Crippen molar-refractivity contribution in [1.82, 2.24) is 0 Å². The van der Waals surface area contributed by atoms with Crippen LogP contribution in [0.2, 0.25) is 0 Å². The van der Waals surface area contributed by atoms with Crippen LogP contribution in [-0.2, 0) is 28.8 Å². The van der Waals surface area contributed by atoms with Crippen LogP contribution in [0, 0.1) is 16.2 Å². The number of hydrogen-bond acceptors (Lipinski definition) is 6. The Hall–Kier alpha value is -3.18. The summed E-state index contributed by atoms with van der Waals surface area (Å²) in [6, 6.07) is 0. The largest absolute Gasteiger partial charge is 0.480 e. The summed E-state index contributed by atoms with van der Waals surface area (Å²) < 4.78 is 0. The molecule has 6 N–H and O–H groups in total. The quantitative estimate of drug-likeness (QED) is 0.141. The molecule has 1 saturated carbocycles. The Kier molecular flexibility index (Phi) is 22.4. The molecule has 1 fully saturated rings. The molecule has 0 spiro atoms. The molecule has 0 radical (unpaired) electrons. The van der Waals surface area contributed by atoms with Crippen molar-refractivity contribution in [2.75, 3.05) is 0 Å². The molecule has 0 atom stereocenters. The third-order valence-corrected chi connectivity index (χ3v) is 11.3. The van der Waals surface area contributed by atoms with Crippen molar-refractivity contribution < 1.29 is 59.4 Å². The molecule has 51 heavy (non-hydrogen) atoms. The minimum absolute atomic E-state index is 0.0678. The van der Waals surface area contributed by atoms with E-state index in [1.165, 1.54) is 0 Å². The first-order chi connectivity index (χ1) is 24.3. The average Bonchev–Trinajstić information content (AvgIpc) is 3.06. The van der Waals surface area contributed by atoms with Crippen LogP contribution in [0.25, 0.3) is 0 Å². The maximum atomic E-state index is 12.1. The van der Waals surface area contributed by atoms with Gasteiger partial charge in [0.05, 0.1) is 0 Å². The first-order valence-corrected chi connectivity index (χ1v) is 19.7. The van der Waals surface area contributed by atoms with Crippen LogP contribution in [0.1, 0.15) is 193 Å². The molecule has 0 aromatic heterocycles. The van der Waals surface area contributed by atoms with Crippen LogP contribution in [0.5, 0.6) is 0 Å². The molecule has 1 aliphatic carbocycles. The molecule has 1 rings (SSSR count). The van der Waals surface area contributed by atoms with Gasteiger partial charge in [0, 0.05) is 0 Å². The molecule has 0 heterocycles. The van der Waals surface area contributed by atoms with Crippen molar-refractivity contribution in [2.24, 2.45) is 16.2 Å². The molecule has 0 unspecified atom stereocenters. The normalized spacial score (nSPS) is 22.4. The van der Waals surface area contributed by atoms with Crippen molar-refractivity contribution in [2.45, 2.75) is 193 Å². The van der Waals surface area contributed by atoms with E-state index < -0.39 is 52.1 Å². The first kappa shape index (κ1) is 45.8. The van der Waals surface area contributed by atoms with Gasteiger partial charge in [-0.1, -0.05) is 154 Å². The van der Waals surface area contributed by atoms with E-state index >= 15 is 0 Å². The van der Waals surface area contributed by atoms with Crippen molar-refractivity contribution in [3.05, 3.63) is 0 Å². The summed E-state index contributed by atoms with van der Waals surface area (Å²) in [6.45, 7) is 0. The second-order valence-electron chi connectivity index (χ2n) is 15.1. The van der Waals surface area contributed by atoms with E-state index in [-0.39, 0.29) is 38.5 Å². The lowest BCUT2D eigenvalue weighted by Crippen LogP contribution is -2.39. The van der Waals surface area contributed by atoms with Gasteiger partial charge in [-0.05, 0) is 38.5 Å². The first-order valence-electron chi connectivity index (χ1n) is 19.7.